The van der Waals surface area contributed by atoms with Crippen molar-refractivity contribution in [1.29, 1.82) is 0 Å². The van der Waals surface area contributed by atoms with Crippen molar-refractivity contribution in [3.63, 3.8) is 0 Å². The van der Waals surface area contributed by atoms with Gasteiger partial charge in [0.2, 0.25) is 5.91 Å². The first-order valence-corrected chi connectivity index (χ1v) is 10.5. The Hall–Kier alpha value is -0.650. The van der Waals surface area contributed by atoms with Crippen LogP contribution in [0.1, 0.15) is 64.2 Å². The molecule has 0 bridgehead atoms. The lowest BCUT2D eigenvalue weighted by atomic mass is 9.80. The molecule has 2 aliphatic heterocycles. The van der Waals surface area contributed by atoms with Gasteiger partial charge in [0, 0.05) is 32.1 Å². The Morgan fingerprint density at radius 2 is 1.84 bits per heavy atom. The van der Waals surface area contributed by atoms with Crippen LogP contribution in [0, 0.1) is 0 Å². The molecule has 5 nitrogen and oxygen atoms in total. The molecule has 144 valence electrons. The molecule has 0 aromatic heterocycles. The summed E-state index contributed by atoms with van der Waals surface area (Å²) in [6.45, 7) is 5.86. The maximum atomic E-state index is 12.7. The lowest BCUT2D eigenvalue weighted by Gasteiger charge is -2.43. The predicted octanol–water partition coefficient (Wildman–Crippen LogP) is 2.40. The minimum Gasteiger partial charge on any atom is -0.379 e. The average Bonchev–Trinajstić information content (AvgIpc) is 2.62. The topological polar surface area (TPSA) is 44.8 Å². The zero-order valence-electron chi connectivity index (χ0n) is 16.1. The second-order valence-electron chi connectivity index (χ2n) is 8.45. The highest BCUT2D eigenvalue weighted by Gasteiger charge is 2.35. The van der Waals surface area contributed by atoms with E-state index in [4.69, 9.17) is 4.74 Å². The van der Waals surface area contributed by atoms with E-state index in [1.54, 1.807) is 0 Å². The van der Waals surface area contributed by atoms with E-state index in [2.05, 4.69) is 22.2 Å². The van der Waals surface area contributed by atoms with Crippen molar-refractivity contribution >= 4 is 5.91 Å². The summed E-state index contributed by atoms with van der Waals surface area (Å²) in [6.07, 6.45) is 11.6. The molecule has 3 fully saturated rings. The van der Waals surface area contributed by atoms with Gasteiger partial charge in [-0.1, -0.05) is 25.7 Å². The number of amides is 1. The van der Waals surface area contributed by atoms with Gasteiger partial charge in [0.15, 0.2) is 0 Å². The largest absolute Gasteiger partial charge is 0.379 e. The van der Waals surface area contributed by atoms with Crippen molar-refractivity contribution in [3.8, 4) is 0 Å². The molecule has 1 amide bonds. The number of hydrogen-bond donors (Lipinski definition) is 1. The molecule has 25 heavy (non-hydrogen) atoms. The maximum absolute atomic E-state index is 12.7. The van der Waals surface area contributed by atoms with Crippen LogP contribution >= 0.6 is 0 Å². The van der Waals surface area contributed by atoms with Gasteiger partial charge >= 0.3 is 0 Å². The number of carbonyl (C=O) groups is 1. The summed E-state index contributed by atoms with van der Waals surface area (Å²) >= 11 is 0. The van der Waals surface area contributed by atoms with Crippen LogP contribution in [-0.4, -0.2) is 73.7 Å². The van der Waals surface area contributed by atoms with Gasteiger partial charge in [0.05, 0.1) is 18.8 Å². The maximum Gasteiger partial charge on any atom is 0.220 e. The summed E-state index contributed by atoms with van der Waals surface area (Å²) in [5.74, 6) is 0.272. The van der Waals surface area contributed by atoms with Gasteiger partial charge in [-0.2, -0.15) is 0 Å². The molecule has 0 aromatic carbocycles. The summed E-state index contributed by atoms with van der Waals surface area (Å²) in [7, 11) is 2.21. The van der Waals surface area contributed by atoms with Crippen molar-refractivity contribution in [3.05, 3.63) is 0 Å². The molecule has 2 heterocycles. The number of rotatable bonds is 6. The molecule has 1 N–H and O–H groups in total. The Bertz CT molecular complexity index is 417. The third kappa shape index (κ3) is 5.66. The van der Waals surface area contributed by atoms with E-state index in [0.717, 1.165) is 52.1 Å². The molecule has 1 saturated carbocycles. The van der Waals surface area contributed by atoms with Crippen LogP contribution in [0.15, 0.2) is 0 Å². The second kappa shape index (κ2) is 9.33. The third-order valence-corrected chi connectivity index (χ3v) is 6.47. The van der Waals surface area contributed by atoms with Gasteiger partial charge in [-0.3, -0.25) is 9.69 Å². The minimum atomic E-state index is 0.00510. The highest BCUT2D eigenvalue weighted by Crippen LogP contribution is 2.30. The second-order valence-corrected chi connectivity index (χ2v) is 8.45. The number of ether oxygens (including phenoxy) is 1. The molecule has 1 aliphatic carbocycles. The zero-order valence-corrected chi connectivity index (χ0v) is 16.1. The number of piperidine rings is 1. The van der Waals surface area contributed by atoms with E-state index in [1.807, 2.05) is 0 Å². The first-order chi connectivity index (χ1) is 12.2. The summed E-state index contributed by atoms with van der Waals surface area (Å²) in [6, 6.07) is 0.598. The molecule has 0 radical (unpaired) electrons. The smallest absolute Gasteiger partial charge is 0.220 e. The number of morpholine rings is 1. The molecule has 1 atom stereocenters. The van der Waals surface area contributed by atoms with Crippen LogP contribution in [-0.2, 0) is 9.53 Å². The lowest BCUT2D eigenvalue weighted by Crippen LogP contribution is -2.58. The van der Waals surface area contributed by atoms with Crippen LogP contribution in [0.2, 0.25) is 0 Å². The summed E-state index contributed by atoms with van der Waals surface area (Å²) < 4.78 is 5.49. The highest BCUT2D eigenvalue weighted by atomic mass is 16.5. The first kappa shape index (κ1) is 19.1. The van der Waals surface area contributed by atoms with E-state index < -0.39 is 0 Å². The fourth-order valence-corrected chi connectivity index (χ4v) is 4.90. The van der Waals surface area contributed by atoms with Crippen molar-refractivity contribution in [2.45, 2.75) is 75.8 Å². The number of nitrogens with one attached hydrogen (secondary N) is 1. The molecule has 3 aliphatic rings. The minimum absolute atomic E-state index is 0.00510. The fourth-order valence-electron chi connectivity index (χ4n) is 4.90. The number of nitrogens with zero attached hydrogens (tertiary/aromatic N) is 2. The summed E-state index contributed by atoms with van der Waals surface area (Å²) in [4.78, 5) is 17.7. The molecule has 5 heteroatoms. The Morgan fingerprint density at radius 1 is 1.08 bits per heavy atom. The van der Waals surface area contributed by atoms with Gasteiger partial charge in [-0.25, -0.2) is 0 Å². The van der Waals surface area contributed by atoms with Gasteiger partial charge in [-0.05, 0) is 45.7 Å². The Labute approximate surface area is 153 Å². The molecular weight excluding hydrogens is 314 g/mol. The van der Waals surface area contributed by atoms with Crippen molar-refractivity contribution in [2.75, 3.05) is 46.4 Å². The van der Waals surface area contributed by atoms with Crippen LogP contribution in [0.3, 0.4) is 0 Å². The zero-order chi connectivity index (χ0) is 17.5. The molecule has 3 rings (SSSR count). The standard InChI is InChI=1S/C20H37N3O2/c1-22-12-6-3-7-18(22)8-9-19(24)21-20(10-4-2-5-11-20)17-23-13-15-25-16-14-23/h18H,2-17H2,1H3,(H,21,24)/t18-/m0/s1. The van der Waals surface area contributed by atoms with E-state index in [1.165, 1.54) is 45.1 Å². The van der Waals surface area contributed by atoms with Crippen LogP contribution in [0.5, 0.6) is 0 Å². The van der Waals surface area contributed by atoms with Crippen molar-refractivity contribution in [2.24, 2.45) is 0 Å². The van der Waals surface area contributed by atoms with E-state index in [9.17, 15) is 4.79 Å². The van der Waals surface area contributed by atoms with Gasteiger partial charge in [-0.15, -0.1) is 0 Å². The van der Waals surface area contributed by atoms with Crippen LogP contribution < -0.4 is 5.32 Å². The average molecular weight is 352 g/mol. The van der Waals surface area contributed by atoms with Crippen LogP contribution in [0.4, 0.5) is 0 Å². The summed E-state index contributed by atoms with van der Waals surface area (Å²) in [5.41, 5.74) is 0.00510. The van der Waals surface area contributed by atoms with E-state index in [0.29, 0.717) is 12.5 Å². The third-order valence-electron chi connectivity index (χ3n) is 6.47. The van der Waals surface area contributed by atoms with Crippen molar-refractivity contribution in [1.82, 2.24) is 15.1 Å². The normalized spacial score (nSPS) is 28.6. The molecule has 2 saturated heterocycles. The predicted molar refractivity (Wildman–Crippen MR) is 101 cm³/mol. The molecule has 0 unspecified atom stereocenters. The molecular formula is C20H37N3O2. The summed E-state index contributed by atoms with van der Waals surface area (Å²) in [5, 5.41) is 3.49. The van der Waals surface area contributed by atoms with Crippen molar-refractivity contribution < 1.29 is 9.53 Å². The number of hydrogen-bond acceptors (Lipinski definition) is 4. The Balaban J connectivity index is 1.51. The van der Waals surface area contributed by atoms with Gasteiger partial charge < -0.3 is 15.0 Å². The number of likely N-dealkylation sites (tertiary alicyclic amines) is 1. The van der Waals surface area contributed by atoms with Gasteiger partial charge in [0.25, 0.3) is 0 Å². The number of carbonyl (C=O) groups excluding carboxylic acids is 1. The fraction of sp³-hybridized carbons (Fsp3) is 0.950. The quantitative estimate of drug-likeness (QED) is 0.798. The highest BCUT2D eigenvalue weighted by molar-refractivity contribution is 5.76. The van der Waals surface area contributed by atoms with E-state index >= 15 is 0 Å². The lowest BCUT2D eigenvalue weighted by molar-refractivity contribution is -0.124. The Kier molecular flexibility index (Phi) is 7.14. The Morgan fingerprint density at radius 3 is 2.56 bits per heavy atom. The van der Waals surface area contributed by atoms with Gasteiger partial charge in [0.1, 0.15) is 0 Å². The van der Waals surface area contributed by atoms with E-state index in [-0.39, 0.29) is 11.4 Å². The molecule has 0 spiro atoms. The SMILES string of the molecule is CN1CCCC[C@H]1CCC(=O)NC1(CN2CCOCC2)CCCCC1. The molecule has 0 aromatic rings. The monoisotopic (exact) mass is 351 g/mol. The first-order valence-electron chi connectivity index (χ1n) is 10.5. The van der Waals surface area contributed by atoms with Crippen LogP contribution in [0.25, 0.3) is 0 Å².